The monoisotopic (exact) mass is 274 g/mol. The van der Waals surface area contributed by atoms with Crippen molar-refractivity contribution in [1.29, 1.82) is 0 Å². The van der Waals surface area contributed by atoms with Crippen LogP contribution in [0, 0.1) is 0 Å². The summed E-state index contributed by atoms with van der Waals surface area (Å²) >= 11 is 0. The predicted molar refractivity (Wildman–Crippen MR) is 73.9 cm³/mol. The van der Waals surface area contributed by atoms with Crippen LogP contribution in [0.3, 0.4) is 0 Å². The SMILES string of the molecule is CCC(NC(=O)c1cc(CO)ccn1)c1cnn(C)c1. The molecule has 106 valence electrons. The van der Waals surface area contributed by atoms with Crippen molar-refractivity contribution in [3.8, 4) is 0 Å². The molecule has 20 heavy (non-hydrogen) atoms. The van der Waals surface area contributed by atoms with Gasteiger partial charge in [0.05, 0.1) is 18.8 Å². The molecular formula is C14H18N4O2. The number of hydrogen-bond donors (Lipinski definition) is 2. The van der Waals surface area contributed by atoms with Gasteiger partial charge < -0.3 is 10.4 Å². The van der Waals surface area contributed by atoms with Crippen molar-refractivity contribution in [2.45, 2.75) is 26.0 Å². The minimum absolute atomic E-state index is 0.101. The first kappa shape index (κ1) is 14.2. The highest BCUT2D eigenvalue weighted by atomic mass is 16.3. The van der Waals surface area contributed by atoms with Crippen LogP contribution < -0.4 is 5.32 Å². The zero-order valence-electron chi connectivity index (χ0n) is 11.6. The van der Waals surface area contributed by atoms with E-state index in [9.17, 15) is 4.79 Å². The van der Waals surface area contributed by atoms with Crippen LogP contribution in [0.1, 0.15) is 41.0 Å². The third-order valence-corrected chi connectivity index (χ3v) is 3.08. The number of carbonyl (C=O) groups is 1. The highest BCUT2D eigenvalue weighted by molar-refractivity contribution is 5.92. The molecule has 2 aromatic heterocycles. The Morgan fingerprint density at radius 3 is 2.95 bits per heavy atom. The molecule has 0 aliphatic rings. The number of nitrogens with one attached hydrogen (secondary N) is 1. The number of aromatic nitrogens is 3. The van der Waals surface area contributed by atoms with Crippen molar-refractivity contribution in [2.75, 3.05) is 0 Å². The summed E-state index contributed by atoms with van der Waals surface area (Å²) in [4.78, 5) is 16.2. The molecule has 1 atom stereocenters. The molecule has 0 radical (unpaired) electrons. The summed E-state index contributed by atoms with van der Waals surface area (Å²) < 4.78 is 1.70. The van der Waals surface area contributed by atoms with E-state index < -0.39 is 0 Å². The Morgan fingerprint density at radius 2 is 2.35 bits per heavy atom. The quantitative estimate of drug-likeness (QED) is 0.858. The third-order valence-electron chi connectivity index (χ3n) is 3.08. The Morgan fingerprint density at radius 1 is 1.55 bits per heavy atom. The van der Waals surface area contributed by atoms with Crippen LogP contribution in [0.25, 0.3) is 0 Å². The molecule has 2 aromatic rings. The second kappa shape index (κ2) is 6.29. The van der Waals surface area contributed by atoms with Gasteiger partial charge in [-0.25, -0.2) is 0 Å². The van der Waals surface area contributed by atoms with Crippen LogP contribution in [0.15, 0.2) is 30.7 Å². The molecule has 0 fully saturated rings. The van der Waals surface area contributed by atoms with Gasteiger partial charge in [0.2, 0.25) is 0 Å². The van der Waals surface area contributed by atoms with Gasteiger partial charge in [-0.3, -0.25) is 14.5 Å². The summed E-state index contributed by atoms with van der Waals surface area (Å²) in [5.41, 5.74) is 1.93. The second-order valence-electron chi connectivity index (χ2n) is 4.59. The number of amides is 1. The average Bonchev–Trinajstić information content (AvgIpc) is 2.91. The van der Waals surface area contributed by atoms with E-state index in [-0.39, 0.29) is 18.6 Å². The van der Waals surface area contributed by atoms with E-state index in [1.165, 1.54) is 6.20 Å². The first-order chi connectivity index (χ1) is 9.63. The standard InChI is InChI=1S/C14H18N4O2/c1-3-12(11-7-16-18(2)8-11)17-14(20)13-6-10(9-19)4-5-15-13/h4-8,12,19H,3,9H2,1-2H3,(H,17,20). The minimum atomic E-state index is -0.254. The van der Waals surface area contributed by atoms with Crippen LogP contribution in [-0.2, 0) is 13.7 Å². The van der Waals surface area contributed by atoms with Crippen molar-refractivity contribution < 1.29 is 9.90 Å². The maximum atomic E-state index is 12.2. The van der Waals surface area contributed by atoms with E-state index in [1.807, 2.05) is 20.2 Å². The molecule has 1 amide bonds. The molecule has 0 aromatic carbocycles. The van der Waals surface area contributed by atoms with E-state index in [0.29, 0.717) is 11.3 Å². The van der Waals surface area contributed by atoms with Crippen LogP contribution in [0.4, 0.5) is 0 Å². The Bertz CT molecular complexity index is 594. The minimum Gasteiger partial charge on any atom is -0.392 e. The van der Waals surface area contributed by atoms with Gasteiger partial charge in [0.15, 0.2) is 0 Å². The lowest BCUT2D eigenvalue weighted by Gasteiger charge is -2.15. The number of hydrogen-bond acceptors (Lipinski definition) is 4. The van der Waals surface area contributed by atoms with Crippen LogP contribution in [-0.4, -0.2) is 25.8 Å². The number of aliphatic hydroxyl groups is 1. The Hall–Kier alpha value is -2.21. The van der Waals surface area contributed by atoms with Gasteiger partial charge in [-0.1, -0.05) is 6.92 Å². The van der Waals surface area contributed by atoms with Crippen LogP contribution in [0.5, 0.6) is 0 Å². The highest BCUT2D eigenvalue weighted by Crippen LogP contribution is 2.16. The molecule has 0 aliphatic carbocycles. The van der Waals surface area contributed by atoms with Gasteiger partial charge in [0, 0.05) is 25.0 Å². The zero-order chi connectivity index (χ0) is 14.5. The lowest BCUT2D eigenvalue weighted by atomic mass is 10.1. The molecule has 0 bridgehead atoms. The fraction of sp³-hybridized carbons (Fsp3) is 0.357. The lowest BCUT2D eigenvalue weighted by molar-refractivity contribution is 0.0930. The molecule has 2 N–H and O–H groups in total. The lowest BCUT2D eigenvalue weighted by Crippen LogP contribution is -2.28. The van der Waals surface area contributed by atoms with Crippen molar-refractivity contribution in [1.82, 2.24) is 20.1 Å². The summed E-state index contributed by atoms with van der Waals surface area (Å²) in [5.74, 6) is -0.254. The normalized spacial score (nSPS) is 12.2. The summed E-state index contributed by atoms with van der Waals surface area (Å²) in [5, 5.41) is 16.1. The van der Waals surface area contributed by atoms with E-state index in [1.54, 1.807) is 23.0 Å². The number of nitrogens with zero attached hydrogens (tertiary/aromatic N) is 3. The number of pyridine rings is 1. The summed E-state index contributed by atoms with van der Waals surface area (Å²) in [6, 6.07) is 3.16. The number of rotatable bonds is 5. The molecule has 2 heterocycles. The molecule has 0 saturated carbocycles. The molecule has 0 spiro atoms. The van der Waals surface area contributed by atoms with Gasteiger partial charge in [0.1, 0.15) is 5.69 Å². The molecule has 0 aliphatic heterocycles. The number of aryl methyl sites for hydroxylation is 1. The smallest absolute Gasteiger partial charge is 0.270 e. The van der Waals surface area contributed by atoms with Crippen LogP contribution in [0.2, 0.25) is 0 Å². The zero-order valence-corrected chi connectivity index (χ0v) is 11.6. The summed E-state index contributed by atoms with van der Waals surface area (Å²) in [6.45, 7) is 1.89. The van der Waals surface area contributed by atoms with E-state index in [4.69, 9.17) is 5.11 Å². The second-order valence-corrected chi connectivity index (χ2v) is 4.59. The third kappa shape index (κ3) is 3.21. The number of aliphatic hydroxyl groups excluding tert-OH is 1. The van der Waals surface area contributed by atoms with Crippen LogP contribution >= 0.6 is 0 Å². The first-order valence-corrected chi connectivity index (χ1v) is 6.49. The topological polar surface area (TPSA) is 80.0 Å². The Kier molecular flexibility index (Phi) is 4.47. The molecule has 6 heteroatoms. The average molecular weight is 274 g/mol. The van der Waals surface area contributed by atoms with E-state index >= 15 is 0 Å². The summed E-state index contributed by atoms with van der Waals surface area (Å²) in [6.07, 6.45) is 5.90. The highest BCUT2D eigenvalue weighted by Gasteiger charge is 2.16. The number of carbonyl (C=O) groups excluding carboxylic acids is 1. The predicted octanol–water partition coefficient (Wildman–Crippen LogP) is 1.19. The van der Waals surface area contributed by atoms with Gasteiger partial charge in [0.25, 0.3) is 5.91 Å². The van der Waals surface area contributed by atoms with Crippen molar-refractivity contribution in [3.63, 3.8) is 0 Å². The molecular weight excluding hydrogens is 256 g/mol. The fourth-order valence-electron chi connectivity index (χ4n) is 1.97. The molecule has 6 nitrogen and oxygen atoms in total. The molecule has 0 saturated heterocycles. The summed E-state index contributed by atoms with van der Waals surface area (Å²) in [7, 11) is 1.84. The largest absolute Gasteiger partial charge is 0.392 e. The van der Waals surface area contributed by atoms with Gasteiger partial charge >= 0.3 is 0 Å². The first-order valence-electron chi connectivity index (χ1n) is 6.49. The Balaban J connectivity index is 2.12. The van der Waals surface area contributed by atoms with Crippen molar-refractivity contribution >= 4 is 5.91 Å². The van der Waals surface area contributed by atoms with Crippen molar-refractivity contribution in [3.05, 3.63) is 47.5 Å². The van der Waals surface area contributed by atoms with E-state index in [2.05, 4.69) is 15.4 Å². The van der Waals surface area contributed by atoms with Gasteiger partial charge in [-0.2, -0.15) is 5.10 Å². The van der Waals surface area contributed by atoms with Crippen molar-refractivity contribution in [2.24, 2.45) is 7.05 Å². The Labute approximate surface area is 117 Å². The maximum Gasteiger partial charge on any atom is 0.270 e. The van der Waals surface area contributed by atoms with Gasteiger partial charge in [-0.15, -0.1) is 0 Å². The van der Waals surface area contributed by atoms with Gasteiger partial charge in [-0.05, 0) is 24.1 Å². The molecule has 1 unspecified atom stereocenters. The van der Waals surface area contributed by atoms with E-state index in [0.717, 1.165) is 12.0 Å². The molecule has 2 rings (SSSR count). The maximum absolute atomic E-state index is 12.2. The fourth-order valence-corrected chi connectivity index (χ4v) is 1.97.